The van der Waals surface area contributed by atoms with E-state index in [2.05, 4.69) is 31.3 Å². The first kappa shape index (κ1) is 15.5. The Morgan fingerprint density at radius 2 is 1.76 bits per heavy atom. The highest BCUT2D eigenvalue weighted by atomic mass is 19.1. The Morgan fingerprint density at radius 1 is 1.05 bits per heavy atom. The third-order valence-electron chi connectivity index (χ3n) is 3.24. The molecule has 0 bridgehead atoms. The van der Waals surface area contributed by atoms with E-state index in [0.717, 1.165) is 18.7 Å². The monoisotopic (exact) mass is 287 g/mol. The lowest BCUT2D eigenvalue weighted by Crippen LogP contribution is -2.24. The number of nitrogens with one attached hydrogen (secondary N) is 1. The summed E-state index contributed by atoms with van der Waals surface area (Å²) in [5.74, 6) is 0.535. The van der Waals surface area contributed by atoms with E-state index in [9.17, 15) is 4.39 Å². The molecule has 1 N–H and O–H groups in total. The van der Waals surface area contributed by atoms with Crippen LogP contribution in [0.25, 0.3) is 0 Å². The van der Waals surface area contributed by atoms with Crippen molar-refractivity contribution in [3.8, 4) is 5.75 Å². The van der Waals surface area contributed by atoms with Gasteiger partial charge in [0, 0.05) is 11.6 Å². The maximum Gasteiger partial charge on any atom is 0.129 e. The molecule has 0 saturated carbocycles. The fraction of sp³-hybridized carbons (Fsp3) is 0.333. The lowest BCUT2D eigenvalue weighted by Gasteiger charge is -2.09. The number of ether oxygens (including phenoxy) is 1. The molecule has 0 saturated heterocycles. The van der Waals surface area contributed by atoms with Crippen molar-refractivity contribution in [1.82, 2.24) is 5.32 Å². The number of hydrogen-bond acceptors (Lipinski definition) is 2. The largest absolute Gasteiger partial charge is 0.489 e. The zero-order valence-electron chi connectivity index (χ0n) is 12.6. The van der Waals surface area contributed by atoms with Gasteiger partial charge in [-0.2, -0.15) is 0 Å². The van der Waals surface area contributed by atoms with Crippen molar-refractivity contribution < 1.29 is 9.13 Å². The maximum absolute atomic E-state index is 13.5. The fourth-order valence-electron chi connectivity index (χ4n) is 2.03. The van der Waals surface area contributed by atoms with Crippen LogP contribution in [0.15, 0.2) is 48.5 Å². The number of halogens is 1. The van der Waals surface area contributed by atoms with Gasteiger partial charge < -0.3 is 10.1 Å². The molecule has 0 aliphatic carbocycles. The van der Waals surface area contributed by atoms with Gasteiger partial charge in [-0.1, -0.05) is 44.2 Å². The van der Waals surface area contributed by atoms with Crippen molar-refractivity contribution in [2.45, 2.75) is 32.9 Å². The zero-order chi connectivity index (χ0) is 15.1. The Kier molecular flexibility index (Phi) is 5.76. The molecule has 0 heterocycles. The van der Waals surface area contributed by atoms with E-state index in [-0.39, 0.29) is 12.4 Å². The van der Waals surface area contributed by atoms with Crippen molar-refractivity contribution in [1.29, 1.82) is 0 Å². The van der Waals surface area contributed by atoms with Gasteiger partial charge in [0.05, 0.1) is 0 Å². The minimum absolute atomic E-state index is 0.228. The first-order chi connectivity index (χ1) is 10.1. The van der Waals surface area contributed by atoms with Crippen LogP contribution in [0.5, 0.6) is 5.75 Å². The average Bonchev–Trinajstić information content (AvgIpc) is 2.47. The summed E-state index contributed by atoms with van der Waals surface area (Å²) in [5, 5.41) is 3.39. The predicted octanol–water partition coefficient (Wildman–Crippen LogP) is 3.95. The predicted molar refractivity (Wildman–Crippen MR) is 84.0 cm³/mol. The molecule has 3 heteroatoms. The number of rotatable bonds is 7. The molecule has 2 aromatic carbocycles. The van der Waals surface area contributed by atoms with Crippen LogP contribution in [0.2, 0.25) is 0 Å². The molecule has 0 aliphatic heterocycles. The SMILES string of the molecule is CC(C)NCCc1ccc(OCc2ccccc2F)cc1. The molecule has 0 fully saturated rings. The molecule has 21 heavy (non-hydrogen) atoms. The van der Waals surface area contributed by atoms with Crippen LogP contribution < -0.4 is 10.1 Å². The Balaban J connectivity index is 1.84. The molecule has 0 atom stereocenters. The summed E-state index contributed by atoms with van der Waals surface area (Å²) in [6, 6.07) is 15.2. The molecular formula is C18H22FNO. The van der Waals surface area contributed by atoms with Crippen LogP contribution in [0.4, 0.5) is 4.39 Å². The summed E-state index contributed by atoms with van der Waals surface area (Å²) in [4.78, 5) is 0. The number of hydrogen-bond donors (Lipinski definition) is 1. The highest BCUT2D eigenvalue weighted by molar-refractivity contribution is 5.28. The Labute approximate surface area is 126 Å². The van der Waals surface area contributed by atoms with Gasteiger partial charge in [-0.3, -0.25) is 0 Å². The van der Waals surface area contributed by atoms with E-state index < -0.39 is 0 Å². The van der Waals surface area contributed by atoms with Crippen LogP contribution >= 0.6 is 0 Å². The molecular weight excluding hydrogens is 265 g/mol. The van der Waals surface area contributed by atoms with Crippen LogP contribution in [-0.2, 0) is 13.0 Å². The third kappa shape index (κ3) is 5.20. The van der Waals surface area contributed by atoms with Crippen LogP contribution in [0.3, 0.4) is 0 Å². The van der Waals surface area contributed by atoms with Crippen LogP contribution in [0.1, 0.15) is 25.0 Å². The van der Waals surface area contributed by atoms with Gasteiger partial charge in [0.25, 0.3) is 0 Å². The van der Waals surface area contributed by atoms with Gasteiger partial charge in [0.1, 0.15) is 18.2 Å². The van der Waals surface area contributed by atoms with Gasteiger partial charge in [0.15, 0.2) is 0 Å². The molecule has 0 aliphatic rings. The van der Waals surface area contributed by atoms with E-state index in [4.69, 9.17) is 4.74 Å². The standard InChI is InChI=1S/C18H22FNO/c1-14(2)20-12-11-15-7-9-17(10-8-15)21-13-16-5-3-4-6-18(16)19/h3-10,14,20H,11-13H2,1-2H3. The Bertz CT molecular complexity index is 551. The van der Waals surface area contributed by atoms with Gasteiger partial charge in [-0.15, -0.1) is 0 Å². The molecule has 0 spiro atoms. The van der Waals surface area contributed by atoms with Gasteiger partial charge >= 0.3 is 0 Å². The van der Waals surface area contributed by atoms with Gasteiger partial charge in [0.2, 0.25) is 0 Å². The quantitative estimate of drug-likeness (QED) is 0.832. The molecule has 0 aromatic heterocycles. The van der Waals surface area contributed by atoms with Crippen LogP contribution in [-0.4, -0.2) is 12.6 Å². The molecule has 2 rings (SSSR count). The minimum Gasteiger partial charge on any atom is -0.489 e. The van der Waals surface area contributed by atoms with E-state index in [1.807, 2.05) is 18.2 Å². The summed E-state index contributed by atoms with van der Waals surface area (Å²) >= 11 is 0. The summed E-state index contributed by atoms with van der Waals surface area (Å²) in [5.41, 5.74) is 1.84. The van der Waals surface area contributed by atoms with E-state index in [1.54, 1.807) is 12.1 Å². The van der Waals surface area contributed by atoms with Gasteiger partial charge in [-0.05, 0) is 36.7 Å². The minimum atomic E-state index is -0.228. The summed E-state index contributed by atoms with van der Waals surface area (Å²) < 4.78 is 19.1. The molecule has 2 nitrogen and oxygen atoms in total. The normalized spacial score (nSPS) is 10.9. The molecule has 0 radical (unpaired) electrons. The Hall–Kier alpha value is -1.87. The lowest BCUT2D eigenvalue weighted by molar-refractivity contribution is 0.300. The second-order valence-corrected chi connectivity index (χ2v) is 5.38. The van der Waals surface area contributed by atoms with Crippen LogP contribution in [0, 0.1) is 5.82 Å². The van der Waals surface area contributed by atoms with E-state index in [1.165, 1.54) is 11.6 Å². The molecule has 0 amide bonds. The summed E-state index contributed by atoms with van der Waals surface area (Å²) in [6.45, 7) is 5.49. The second kappa shape index (κ2) is 7.79. The van der Waals surface area contributed by atoms with Crippen molar-refractivity contribution in [3.05, 3.63) is 65.5 Å². The first-order valence-corrected chi connectivity index (χ1v) is 7.33. The van der Waals surface area contributed by atoms with Crippen molar-refractivity contribution in [3.63, 3.8) is 0 Å². The van der Waals surface area contributed by atoms with E-state index >= 15 is 0 Å². The maximum atomic E-state index is 13.5. The molecule has 0 unspecified atom stereocenters. The fourth-order valence-corrected chi connectivity index (χ4v) is 2.03. The Morgan fingerprint density at radius 3 is 2.43 bits per heavy atom. The third-order valence-corrected chi connectivity index (χ3v) is 3.24. The smallest absolute Gasteiger partial charge is 0.129 e. The van der Waals surface area contributed by atoms with Gasteiger partial charge in [-0.25, -0.2) is 4.39 Å². The highest BCUT2D eigenvalue weighted by Gasteiger charge is 2.02. The first-order valence-electron chi connectivity index (χ1n) is 7.33. The summed E-state index contributed by atoms with van der Waals surface area (Å²) in [7, 11) is 0. The van der Waals surface area contributed by atoms with E-state index in [0.29, 0.717) is 11.6 Å². The number of benzene rings is 2. The summed E-state index contributed by atoms with van der Waals surface area (Å²) in [6.07, 6.45) is 0.992. The second-order valence-electron chi connectivity index (χ2n) is 5.38. The molecule has 2 aromatic rings. The topological polar surface area (TPSA) is 21.3 Å². The van der Waals surface area contributed by atoms with Crippen molar-refractivity contribution in [2.24, 2.45) is 0 Å². The lowest BCUT2D eigenvalue weighted by atomic mass is 10.1. The molecule has 112 valence electrons. The van der Waals surface area contributed by atoms with Crippen molar-refractivity contribution >= 4 is 0 Å². The zero-order valence-corrected chi connectivity index (χ0v) is 12.6. The average molecular weight is 287 g/mol. The highest BCUT2D eigenvalue weighted by Crippen LogP contribution is 2.15. The van der Waals surface area contributed by atoms with Crippen molar-refractivity contribution in [2.75, 3.05) is 6.54 Å².